The van der Waals surface area contributed by atoms with Gasteiger partial charge >= 0.3 is 0 Å². The van der Waals surface area contributed by atoms with E-state index in [-0.39, 0.29) is 6.04 Å². The summed E-state index contributed by atoms with van der Waals surface area (Å²) < 4.78 is 7.44. The van der Waals surface area contributed by atoms with E-state index in [4.69, 9.17) is 4.74 Å². The van der Waals surface area contributed by atoms with Crippen molar-refractivity contribution in [3.05, 3.63) is 24.4 Å². The summed E-state index contributed by atoms with van der Waals surface area (Å²) in [6.45, 7) is 2.40. The number of rotatable bonds is 4. The number of ether oxygens (including phenoxy) is 1. The van der Waals surface area contributed by atoms with E-state index in [1.807, 2.05) is 10.7 Å². The molecule has 8 heteroatoms. The highest BCUT2D eigenvalue weighted by Crippen LogP contribution is 2.17. The summed E-state index contributed by atoms with van der Waals surface area (Å²) in [5.74, 6) is 2.55. The number of hydrogen-bond acceptors (Lipinski definition) is 7. The fraction of sp³-hybridized carbons (Fsp3) is 0.600. The normalized spacial score (nSPS) is 24.0. The smallest absolute Gasteiger partial charge is 0.224 e. The summed E-state index contributed by atoms with van der Waals surface area (Å²) in [6.07, 6.45) is 7.54. The minimum Gasteiger partial charge on any atom is -0.379 e. The Bertz CT molecular complexity index is 653. The van der Waals surface area contributed by atoms with Crippen molar-refractivity contribution in [1.29, 1.82) is 0 Å². The Morgan fingerprint density at radius 3 is 3.09 bits per heavy atom. The Morgan fingerprint density at radius 1 is 1.17 bits per heavy atom. The van der Waals surface area contributed by atoms with Crippen LogP contribution in [0.4, 0.5) is 11.8 Å². The number of aryl methyl sites for hydroxylation is 1. The van der Waals surface area contributed by atoms with Crippen LogP contribution < -0.4 is 10.6 Å². The molecule has 0 saturated carbocycles. The van der Waals surface area contributed by atoms with Crippen molar-refractivity contribution in [3.8, 4) is 0 Å². The molecule has 2 aliphatic rings. The number of aromatic nitrogens is 5. The molecule has 8 nitrogen and oxygen atoms in total. The van der Waals surface area contributed by atoms with Crippen molar-refractivity contribution < 1.29 is 4.74 Å². The van der Waals surface area contributed by atoms with E-state index in [1.54, 1.807) is 12.5 Å². The van der Waals surface area contributed by atoms with Crippen LogP contribution in [0.1, 0.15) is 25.1 Å². The second kappa shape index (κ2) is 6.49. The predicted molar refractivity (Wildman–Crippen MR) is 85.2 cm³/mol. The molecule has 4 rings (SSSR count). The van der Waals surface area contributed by atoms with Crippen LogP contribution in [0.25, 0.3) is 0 Å². The lowest BCUT2D eigenvalue weighted by Gasteiger charge is -2.25. The van der Waals surface area contributed by atoms with Crippen LogP contribution in [0.2, 0.25) is 0 Å². The van der Waals surface area contributed by atoms with E-state index in [2.05, 4.69) is 30.7 Å². The van der Waals surface area contributed by atoms with Gasteiger partial charge in [-0.15, -0.1) is 0 Å². The number of fused-ring (bicyclic) bond motifs is 1. The van der Waals surface area contributed by atoms with Crippen LogP contribution in [0.15, 0.2) is 18.6 Å². The fourth-order valence-electron chi connectivity index (χ4n) is 3.11. The van der Waals surface area contributed by atoms with Crippen molar-refractivity contribution in [2.45, 2.75) is 44.3 Å². The summed E-state index contributed by atoms with van der Waals surface area (Å²) in [6, 6.07) is 2.51. The zero-order valence-electron chi connectivity index (χ0n) is 13.0. The van der Waals surface area contributed by atoms with Crippen LogP contribution >= 0.6 is 0 Å². The number of anilines is 2. The predicted octanol–water partition coefficient (Wildman–Crippen LogP) is 1.09. The second-order valence-corrected chi connectivity index (χ2v) is 6.06. The minimum absolute atomic E-state index is 0.275. The largest absolute Gasteiger partial charge is 0.379 e. The van der Waals surface area contributed by atoms with Crippen LogP contribution in [0.5, 0.6) is 0 Å². The zero-order chi connectivity index (χ0) is 15.5. The topological polar surface area (TPSA) is 89.8 Å². The minimum atomic E-state index is 0.275. The van der Waals surface area contributed by atoms with E-state index in [9.17, 15) is 0 Å². The van der Waals surface area contributed by atoms with Gasteiger partial charge in [-0.2, -0.15) is 10.1 Å². The molecule has 122 valence electrons. The summed E-state index contributed by atoms with van der Waals surface area (Å²) in [5, 5.41) is 11.1. The standard InChI is InChI=1S/C15H21N7O/c1-2-12(9-23-7-1)19-13-5-6-16-15(21-13)20-11-3-4-14-17-10-18-22(14)8-11/h5-6,10-12H,1-4,7-9H2,(H2,16,19,20,21)/t11-,12-/m1/s1. The van der Waals surface area contributed by atoms with Crippen molar-refractivity contribution in [2.24, 2.45) is 0 Å². The Balaban J connectivity index is 1.38. The maximum atomic E-state index is 5.49. The highest BCUT2D eigenvalue weighted by Gasteiger charge is 2.20. The second-order valence-electron chi connectivity index (χ2n) is 6.06. The molecule has 0 bridgehead atoms. The van der Waals surface area contributed by atoms with Gasteiger partial charge in [0, 0.05) is 25.3 Å². The van der Waals surface area contributed by atoms with Crippen LogP contribution in [-0.2, 0) is 17.7 Å². The molecule has 0 unspecified atom stereocenters. The molecule has 2 aliphatic heterocycles. The van der Waals surface area contributed by atoms with Gasteiger partial charge in [0.1, 0.15) is 18.0 Å². The molecular weight excluding hydrogens is 294 g/mol. The van der Waals surface area contributed by atoms with Crippen molar-refractivity contribution in [3.63, 3.8) is 0 Å². The van der Waals surface area contributed by atoms with Gasteiger partial charge in [-0.25, -0.2) is 14.6 Å². The van der Waals surface area contributed by atoms with Gasteiger partial charge in [-0.05, 0) is 25.3 Å². The Kier molecular flexibility index (Phi) is 4.06. The third-order valence-electron chi connectivity index (χ3n) is 4.31. The van der Waals surface area contributed by atoms with Crippen molar-refractivity contribution in [2.75, 3.05) is 23.8 Å². The lowest BCUT2D eigenvalue weighted by molar-refractivity contribution is 0.0875. The lowest BCUT2D eigenvalue weighted by Crippen LogP contribution is -2.33. The molecule has 2 atom stereocenters. The first-order valence-corrected chi connectivity index (χ1v) is 8.17. The van der Waals surface area contributed by atoms with Crippen molar-refractivity contribution in [1.82, 2.24) is 24.7 Å². The number of nitrogens with one attached hydrogen (secondary N) is 2. The summed E-state index contributed by atoms with van der Waals surface area (Å²) in [7, 11) is 0. The molecule has 0 amide bonds. The molecule has 2 aromatic rings. The van der Waals surface area contributed by atoms with E-state index in [1.165, 1.54) is 0 Å². The molecule has 2 aromatic heterocycles. The molecule has 0 aromatic carbocycles. The van der Waals surface area contributed by atoms with Gasteiger partial charge < -0.3 is 15.4 Å². The van der Waals surface area contributed by atoms with E-state index >= 15 is 0 Å². The number of nitrogens with zero attached hydrogens (tertiary/aromatic N) is 5. The van der Waals surface area contributed by atoms with Crippen LogP contribution in [0, 0.1) is 0 Å². The van der Waals surface area contributed by atoms with Crippen molar-refractivity contribution >= 4 is 11.8 Å². The summed E-state index contributed by atoms with van der Waals surface area (Å²) in [5.41, 5.74) is 0. The maximum Gasteiger partial charge on any atom is 0.224 e. The van der Waals surface area contributed by atoms with Gasteiger partial charge in [0.05, 0.1) is 19.2 Å². The highest BCUT2D eigenvalue weighted by molar-refractivity contribution is 5.41. The Labute approximate surface area is 134 Å². The molecule has 1 fully saturated rings. The first-order chi connectivity index (χ1) is 11.4. The molecular formula is C15H21N7O. The molecule has 0 spiro atoms. The summed E-state index contributed by atoms with van der Waals surface area (Å²) in [4.78, 5) is 13.2. The third kappa shape index (κ3) is 3.42. The van der Waals surface area contributed by atoms with Gasteiger partial charge in [-0.3, -0.25) is 0 Å². The van der Waals surface area contributed by atoms with Gasteiger partial charge in [0.15, 0.2) is 0 Å². The van der Waals surface area contributed by atoms with E-state index in [0.29, 0.717) is 12.0 Å². The molecule has 23 heavy (non-hydrogen) atoms. The molecule has 1 saturated heterocycles. The third-order valence-corrected chi connectivity index (χ3v) is 4.31. The molecule has 2 N–H and O–H groups in total. The first-order valence-electron chi connectivity index (χ1n) is 8.17. The maximum absolute atomic E-state index is 5.49. The lowest BCUT2D eigenvalue weighted by atomic mass is 10.1. The molecule has 0 aliphatic carbocycles. The quantitative estimate of drug-likeness (QED) is 0.872. The van der Waals surface area contributed by atoms with Crippen LogP contribution in [-0.4, -0.2) is 50.0 Å². The van der Waals surface area contributed by atoms with E-state index < -0.39 is 0 Å². The average molecular weight is 315 g/mol. The number of hydrogen-bond donors (Lipinski definition) is 2. The van der Waals surface area contributed by atoms with Gasteiger partial charge in [-0.1, -0.05) is 0 Å². The Hall–Kier alpha value is -2.22. The van der Waals surface area contributed by atoms with E-state index in [0.717, 1.165) is 57.1 Å². The molecule has 4 heterocycles. The Morgan fingerprint density at radius 2 is 2.17 bits per heavy atom. The zero-order valence-corrected chi connectivity index (χ0v) is 13.0. The monoisotopic (exact) mass is 315 g/mol. The first kappa shape index (κ1) is 14.4. The van der Waals surface area contributed by atoms with Crippen LogP contribution in [0.3, 0.4) is 0 Å². The summed E-state index contributed by atoms with van der Waals surface area (Å²) >= 11 is 0. The molecule has 0 radical (unpaired) electrons. The van der Waals surface area contributed by atoms with Gasteiger partial charge in [0.2, 0.25) is 5.95 Å². The SMILES string of the molecule is c1cc(N[C@@H]2CCCOC2)nc(N[C@@H]2CCc3ncnn3C2)n1. The highest BCUT2D eigenvalue weighted by atomic mass is 16.5. The fourth-order valence-corrected chi connectivity index (χ4v) is 3.11. The average Bonchev–Trinajstić information content (AvgIpc) is 3.04. The van der Waals surface area contributed by atoms with Gasteiger partial charge in [0.25, 0.3) is 0 Å².